The van der Waals surface area contributed by atoms with Gasteiger partial charge in [-0.3, -0.25) is 4.79 Å². The molecule has 0 aliphatic heterocycles. The van der Waals surface area contributed by atoms with Gasteiger partial charge in [0.25, 0.3) is 0 Å². The summed E-state index contributed by atoms with van der Waals surface area (Å²) in [5.74, 6) is -0.263. The summed E-state index contributed by atoms with van der Waals surface area (Å²) in [5, 5.41) is 2.99. The molecule has 4 heteroatoms. The van der Waals surface area contributed by atoms with Crippen molar-refractivity contribution in [1.82, 2.24) is 5.32 Å². The molecule has 2 unspecified atom stereocenters. The molecule has 3 N–H and O–H groups in total. The molecule has 1 aromatic carbocycles. The highest BCUT2D eigenvalue weighted by Gasteiger charge is 2.37. The fourth-order valence-electron chi connectivity index (χ4n) is 3.17. The van der Waals surface area contributed by atoms with Crippen molar-refractivity contribution in [2.75, 3.05) is 6.54 Å². The average molecular weight is 292 g/mol. The summed E-state index contributed by atoms with van der Waals surface area (Å²) in [7, 11) is 0. The van der Waals surface area contributed by atoms with E-state index >= 15 is 0 Å². The fraction of sp³-hybridized carbons (Fsp3) is 0.588. The Labute approximate surface area is 126 Å². The maximum atomic E-state index is 13.0. The predicted molar refractivity (Wildman–Crippen MR) is 82.4 cm³/mol. The lowest BCUT2D eigenvalue weighted by Gasteiger charge is -2.37. The smallest absolute Gasteiger partial charge is 0.224 e. The number of halogens is 1. The molecule has 0 radical (unpaired) electrons. The Bertz CT molecular complexity index is 514. The van der Waals surface area contributed by atoms with Crippen LogP contribution in [-0.4, -0.2) is 18.0 Å². The van der Waals surface area contributed by atoms with E-state index in [2.05, 4.69) is 5.32 Å². The van der Waals surface area contributed by atoms with Crippen molar-refractivity contribution in [3.8, 4) is 0 Å². The van der Waals surface area contributed by atoms with Crippen molar-refractivity contribution in [2.24, 2.45) is 11.7 Å². The summed E-state index contributed by atoms with van der Waals surface area (Å²) >= 11 is 0. The molecule has 1 fully saturated rings. The highest BCUT2D eigenvalue weighted by Crippen LogP contribution is 2.31. The van der Waals surface area contributed by atoms with Crippen LogP contribution in [0.25, 0.3) is 0 Å². The van der Waals surface area contributed by atoms with Crippen LogP contribution in [0.1, 0.15) is 43.7 Å². The van der Waals surface area contributed by atoms with Crippen LogP contribution < -0.4 is 11.1 Å². The number of nitrogens with one attached hydrogen (secondary N) is 1. The molecule has 1 aromatic rings. The third-order valence-electron chi connectivity index (χ3n) is 4.57. The molecule has 1 amide bonds. The van der Waals surface area contributed by atoms with E-state index in [1.807, 2.05) is 13.8 Å². The minimum absolute atomic E-state index is 0.0551. The molecule has 1 aliphatic rings. The summed E-state index contributed by atoms with van der Waals surface area (Å²) in [4.78, 5) is 12.3. The zero-order valence-electron chi connectivity index (χ0n) is 12.9. The molecule has 1 saturated carbocycles. The zero-order valence-corrected chi connectivity index (χ0v) is 12.9. The van der Waals surface area contributed by atoms with Gasteiger partial charge in [0.2, 0.25) is 5.91 Å². The Hall–Kier alpha value is -1.42. The number of carbonyl (C=O) groups excluding carboxylic acids is 1. The fourth-order valence-corrected chi connectivity index (χ4v) is 3.17. The van der Waals surface area contributed by atoms with Gasteiger partial charge in [0.15, 0.2) is 0 Å². The first-order valence-corrected chi connectivity index (χ1v) is 7.72. The third kappa shape index (κ3) is 4.03. The quantitative estimate of drug-likeness (QED) is 0.896. The van der Waals surface area contributed by atoms with Gasteiger partial charge in [-0.25, -0.2) is 4.39 Å². The normalized spacial score (nSPS) is 25.6. The molecular formula is C17H25FN2O. The third-order valence-corrected chi connectivity index (χ3v) is 4.57. The van der Waals surface area contributed by atoms with Gasteiger partial charge in [0.1, 0.15) is 5.82 Å². The Morgan fingerprint density at radius 3 is 2.90 bits per heavy atom. The average Bonchev–Trinajstić information content (AvgIpc) is 2.40. The number of benzene rings is 1. The van der Waals surface area contributed by atoms with Crippen LogP contribution in [0.5, 0.6) is 0 Å². The standard InChI is InChI=1S/C17H25FN2O/c1-12-11-14(18)7-6-13(12)8-10-20-16(21)15-5-3-4-9-17(15,2)19/h6-7,11,15H,3-5,8-10,19H2,1-2H3,(H,20,21). The van der Waals surface area contributed by atoms with E-state index in [4.69, 9.17) is 5.73 Å². The van der Waals surface area contributed by atoms with Crippen molar-refractivity contribution >= 4 is 5.91 Å². The topological polar surface area (TPSA) is 55.1 Å². The van der Waals surface area contributed by atoms with E-state index in [0.717, 1.165) is 36.8 Å². The summed E-state index contributed by atoms with van der Waals surface area (Å²) in [6.45, 7) is 4.43. The number of rotatable bonds is 4. The van der Waals surface area contributed by atoms with Crippen LogP contribution >= 0.6 is 0 Å². The van der Waals surface area contributed by atoms with Crippen molar-refractivity contribution in [3.63, 3.8) is 0 Å². The van der Waals surface area contributed by atoms with E-state index in [1.54, 1.807) is 6.07 Å². The first-order valence-electron chi connectivity index (χ1n) is 7.72. The minimum atomic E-state index is -0.395. The molecular weight excluding hydrogens is 267 g/mol. The van der Waals surface area contributed by atoms with Crippen LogP contribution in [0.4, 0.5) is 4.39 Å². The van der Waals surface area contributed by atoms with Crippen LogP contribution in [-0.2, 0) is 11.2 Å². The first kappa shape index (κ1) is 16.0. The van der Waals surface area contributed by atoms with E-state index in [-0.39, 0.29) is 17.6 Å². The van der Waals surface area contributed by atoms with Gasteiger partial charge >= 0.3 is 0 Å². The van der Waals surface area contributed by atoms with Gasteiger partial charge in [-0.05, 0) is 56.4 Å². The molecule has 0 heterocycles. The molecule has 1 aliphatic carbocycles. The van der Waals surface area contributed by atoms with E-state index in [1.165, 1.54) is 12.1 Å². The molecule has 0 aromatic heterocycles. The molecule has 0 bridgehead atoms. The number of hydrogen-bond acceptors (Lipinski definition) is 2. The van der Waals surface area contributed by atoms with Crippen LogP contribution in [0.3, 0.4) is 0 Å². The molecule has 116 valence electrons. The van der Waals surface area contributed by atoms with Crippen LogP contribution in [0.2, 0.25) is 0 Å². The van der Waals surface area contributed by atoms with E-state index in [0.29, 0.717) is 13.0 Å². The summed E-state index contributed by atoms with van der Waals surface area (Å²) in [6, 6.07) is 4.77. The number of aryl methyl sites for hydroxylation is 1. The Kier molecular flexibility index (Phi) is 4.99. The number of hydrogen-bond donors (Lipinski definition) is 2. The minimum Gasteiger partial charge on any atom is -0.355 e. The lowest BCUT2D eigenvalue weighted by atomic mass is 9.74. The van der Waals surface area contributed by atoms with Crippen LogP contribution in [0, 0.1) is 18.7 Å². The predicted octanol–water partition coefficient (Wildman–Crippen LogP) is 2.70. The second-order valence-electron chi connectivity index (χ2n) is 6.42. The largest absolute Gasteiger partial charge is 0.355 e. The van der Waals surface area contributed by atoms with Gasteiger partial charge in [-0.1, -0.05) is 18.9 Å². The van der Waals surface area contributed by atoms with E-state index < -0.39 is 5.54 Å². The van der Waals surface area contributed by atoms with Crippen molar-refractivity contribution in [1.29, 1.82) is 0 Å². The number of nitrogens with two attached hydrogens (primary N) is 1. The molecule has 2 atom stereocenters. The highest BCUT2D eigenvalue weighted by atomic mass is 19.1. The monoisotopic (exact) mass is 292 g/mol. The summed E-state index contributed by atoms with van der Waals surface area (Å²) < 4.78 is 13.0. The first-order chi connectivity index (χ1) is 9.90. The van der Waals surface area contributed by atoms with Crippen molar-refractivity contribution < 1.29 is 9.18 Å². The van der Waals surface area contributed by atoms with Crippen molar-refractivity contribution in [3.05, 3.63) is 35.1 Å². The Morgan fingerprint density at radius 2 is 2.24 bits per heavy atom. The molecule has 0 saturated heterocycles. The molecule has 2 rings (SSSR count). The molecule has 0 spiro atoms. The van der Waals surface area contributed by atoms with Gasteiger partial charge in [-0.15, -0.1) is 0 Å². The van der Waals surface area contributed by atoms with Gasteiger partial charge in [0, 0.05) is 12.1 Å². The Balaban J connectivity index is 1.86. The van der Waals surface area contributed by atoms with Gasteiger partial charge in [-0.2, -0.15) is 0 Å². The lowest BCUT2D eigenvalue weighted by molar-refractivity contribution is -0.128. The number of amides is 1. The second-order valence-corrected chi connectivity index (χ2v) is 6.42. The number of carbonyl (C=O) groups is 1. The second kappa shape index (κ2) is 6.56. The highest BCUT2D eigenvalue weighted by molar-refractivity contribution is 5.80. The van der Waals surface area contributed by atoms with Gasteiger partial charge < -0.3 is 11.1 Å². The summed E-state index contributed by atoms with van der Waals surface area (Å²) in [6.07, 6.45) is 4.66. The molecule has 21 heavy (non-hydrogen) atoms. The van der Waals surface area contributed by atoms with Gasteiger partial charge in [0.05, 0.1) is 5.92 Å². The lowest BCUT2D eigenvalue weighted by Crippen LogP contribution is -2.53. The van der Waals surface area contributed by atoms with E-state index in [9.17, 15) is 9.18 Å². The van der Waals surface area contributed by atoms with Crippen LogP contribution in [0.15, 0.2) is 18.2 Å². The Morgan fingerprint density at radius 1 is 1.48 bits per heavy atom. The maximum absolute atomic E-state index is 13.0. The summed E-state index contributed by atoms with van der Waals surface area (Å²) in [5.41, 5.74) is 7.84. The SMILES string of the molecule is Cc1cc(F)ccc1CCNC(=O)C1CCCCC1(C)N. The zero-order chi connectivity index (χ0) is 15.5. The molecule has 3 nitrogen and oxygen atoms in total. The van der Waals surface area contributed by atoms with Crippen molar-refractivity contribution in [2.45, 2.75) is 51.5 Å². The maximum Gasteiger partial charge on any atom is 0.224 e.